The molecule has 0 radical (unpaired) electrons. The SMILES string of the molecule is COc1ccc(-c2csc(N3CCN(S(=O)(=O)c4ccc(OC)cc4OC)CC3)n2)cc1. The lowest BCUT2D eigenvalue weighted by Crippen LogP contribution is -2.48. The third kappa shape index (κ3) is 4.38. The molecule has 170 valence electrons. The first kappa shape index (κ1) is 22.4. The minimum absolute atomic E-state index is 0.144. The molecule has 2 heterocycles. The van der Waals surface area contributed by atoms with E-state index in [1.54, 1.807) is 30.6 Å². The predicted molar refractivity (Wildman–Crippen MR) is 125 cm³/mol. The summed E-state index contributed by atoms with van der Waals surface area (Å²) in [5.41, 5.74) is 1.91. The zero-order valence-electron chi connectivity index (χ0n) is 18.1. The van der Waals surface area contributed by atoms with Crippen LogP contribution in [0.4, 0.5) is 5.13 Å². The number of rotatable bonds is 7. The zero-order chi connectivity index (χ0) is 22.7. The van der Waals surface area contributed by atoms with Gasteiger partial charge in [-0.2, -0.15) is 4.31 Å². The van der Waals surface area contributed by atoms with Gasteiger partial charge in [-0.15, -0.1) is 11.3 Å². The van der Waals surface area contributed by atoms with Gasteiger partial charge < -0.3 is 19.1 Å². The van der Waals surface area contributed by atoms with Gasteiger partial charge in [0.1, 0.15) is 22.1 Å². The quantitative estimate of drug-likeness (QED) is 0.518. The van der Waals surface area contributed by atoms with Crippen LogP contribution in [0, 0.1) is 0 Å². The number of thiazole rings is 1. The Morgan fingerprint density at radius 2 is 1.53 bits per heavy atom. The predicted octanol–water partition coefficient (Wildman–Crippen LogP) is 3.35. The summed E-state index contributed by atoms with van der Waals surface area (Å²) in [7, 11) is 0.938. The van der Waals surface area contributed by atoms with Gasteiger partial charge in [0.05, 0.1) is 27.0 Å². The molecule has 0 saturated carbocycles. The minimum atomic E-state index is -3.68. The Morgan fingerprint density at radius 1 is 0.875 bits per heavy atom. The van der Waals surface area contributed by atoms with Crippen molar-refractivity contribution in [3.63, 3.8) is 0 Å². The van der Waals surface area contributed by atoms with Gasteiger partial charge in [-0.3, -0.25) is 0 Å². The second-order valence-electron chi connectivity index (χ2n) is 7.15. The third-order valence-electron chi connectivity index (χ3n) is 5.38. The summed E-state index contributed by atoms with van der Waals surface area (Å²) in [6, 6.07) is 12.5. The van der Waals surface area contributed by atoms with E-state index in [0.29, 0.717) is 31.9 Å². The molecular formula is C22H25N3O5S2. The number of sulfonamides is 1. The molecule has 1 saturated heterocycles. The second kappa shape index (κ2) is 9.35. The fourth-order valence-electron chi connectivity index (χ4n) is 3.55. The van der Waals surface area contributed by atoms with E-state index in [1.807, 2.05) is 29.6 Å². The van der Waals surface area contributed by atoms with Crippen LogP contribution in [-0.4, -0.2) is 65.2 Å². The average Bonchev–Trinajstić information content (AvgIpc) is 3.34. The molecule has 10 heteroatoms. The molecule has 4 rings (SSSR count). The maximum atomic E-state index is 13.2. The molecule has 1 fully saturated rings. The number of nitrogens with zero attached hydrogens (tertiary/aromatic N) is 3. The van der Waals surface area contributed by atoms with Crippen molar-refractivity contribution in [1.82, 2.24) is 9.29 Å². The molecule has 0 aliphatic carbocycles. The van der Waals surface area contributed by atoms with Crippen LogP contribution in [0.5, 0.6) is 17.2 Å². The largest absolute Gasteiger partial charge is 0.497 e. The molecule has 1 aliphatic heterocycles. The molecule has 1 aromatic heterocycles. The summed E-state index contributed by atoms with van der Waals surface area (Å²) in [6.45, 7) is 1.87. The standard InChI is InChI=1S/C22H25N3O5S2/c1-28-17-6-4-16(5-7-17)19-15-31-22(23-19)24-10-12-25(13-11-24)32(26,27)21-9-8-18(29-2)14-20(21)30-3/h4-9,14-15H,10-13H2,1-3H3. The van der Waals surface area contributed by atoms with Crippen molar-refractivity contribution in [3.8, 4) is 28.5 Å². The fraction of sp³-hybridized carbons (Fsp3) is 0.318. The summed E-state index contributed by atoms with van der Waals surface area (Å²) in [5, 5.41) is 2.90. The van der Waals surface area contributed by atoms with Crippen molar-refractivity contribution in [1.29, 1.82) is 0 Å². The van der Waals surface area contributed by atoms with Gasteiger partial charge in [0.15, 0.2) is 5.13 Å². The third-order valence-corrected chi connectivity index (χ3v) is 8.22. The number of piperazine rings is 1. The smallest absolute Gasteiger partial charge is 0.246 e. The first-order chi connectivity index (χ1) is 15.5. The molecule has 0 spiro atoms. The van der Waals surface area contributed by atoms with Gasteiger partial charge in [0, 0.05) is 43.2 Å². The number of anilines is 1. The minimum Gasteiger partial charge on any atom is -0.497 e. The van der Waals surface area contributed by atoms with Gasteiger partial charge in [0.2, 0.25) is 10.0 Å². The number of hydrogen-bond donors (Lipinski definition) is 0. The van der Waals surface area contributed by atoms with E-state index < -0.39 is 10.0 Å². The highest BCUT2D eigenvalue weighted by Gasteiger charge is 2.31. The molecule has 0 amide bonds. The number of benzene rings is 2. The Labute approximate surface area is 192 Å². The number of hydrogen-bond acceptors (Lipinski definition) is 8. The Hall–Kier alpha value is -2.82. The molecule has 0 atom stereocenters. The van der Waals surface area contributed by atoms with E-state index in [0.717, 1.165) is 22.1 Å². The topological polar surface area (TPSA) is 81.2 Å². The molecule has 0 unspecified atom stereocenters. The van der Waals surface area contributed by atoms with Crippen molar-refractivity contribution < 1.29 is 22.6 Å². The maximum Gasteiger partial charge on any atom is 0.246 e. The van der Waals surface area contributed by atoms with Gasteiger partial charge in [-0.25, -0.2) is 13.4 Å². The van der Waals surface area contributed by atoms with Crippen LogP contribution in [-0.2, 0) is 10.0 Å². The van der Waals surface area contributed by atoms with E-state index in [2.05, 4.69) is 4.90 Å². The summed E-state index contributed by atoms with van der Waals surface area (Å²) in [6.07, 6.45) is 0. The van der Waals surface area contributed by atoms with Crippen LogP contribution >= 0.6 is 11.3 Å². The van der Waals surface area contributed by atoms with Crippen LogP contribution in [0.15, 0.2) is 52.7 Å². The Bertz CT molecular complexity index is 1170. The Morgan fingerprint density at radius 3 is 2.16 bits per heavy atom. The summed E-state index contributed by atoms with van der Waals surface area (Å²) in [5.74, 6) is 1.62. The highest BCUT2D eigenvalue weighted by Crippen LogP contribution is 2.33. The molecule has 1 aliphatic rings. The summed E-state index contributed by atoms with van der Waals surface area (Å²) >= 11 is 1.56. The van der Waals surface area contributed by atoms with Gasteiger partial charge in [-0.1, -0.05) is 0 Å². The van der Waals surface area contributed by atoms with Crippen LogP contribution in [0.25, 0.3) is 11.3 Å². The lowest BCUT2D eigenvalue weighted by atomic mass is 10.2. The van der Waals surface area contributed by atoms with Crippen molar-refractivity contribution in [2.24, 2.45) is 0 Å². The lowest BCUT2D eigenvalue weighted by Gasteiger charge is -2.34. The first-order valence-corrected chi connectivity index (χ1v) is 12.4. The normalized spacial score (nSPS) is 14.9. The maximum absolute atomic E-state index is 13.2. The van der Waals surface area contributed by atoms with E-state index in [1.165, 1.54) is 24.6 Å². The summed E-state index contributed by atoms with van der Waals surface area (Å²) in [4.78, 5) is 7.02. The molecule has 2 aromatic carbocycles. The monoisotopic (exact) mass is 475 g/mol. The number of methoxy groups -OCH3 is 3. The Balaban J connectivity index is 1.46. The van der Waals surface area contributed by atoms with Crippen LogP contribution < -0.4 is 19.1 Å². The zero-order valence-corrected chi connectivity index (χ0v) is 19.8. The van der Waals surface area contributed by atoms with Gasteiger partial charge in [-0.05, 0) is 36.4 Å². The van der Waals surface area contributed by atoms with Gasteiger partial charge >= 0.3 is 0 Å². The molecule has 0 N–H and O–H groups in total. The van der Waals surface area contributed by atoms with Crippen molar-refractivity contribution in [2.75, 3.05) is 52.4 Å². The fourth-order valence-corrected chi connectivity index (χ4v) is 6.00. The molecule has 32 heavy (non-hydrogen) atoms. The van der Waals surface area contributed by atoms with E-state index in [4.69, 9.17) is 19.2 Å². The molecule has 0 bridgehead atoms. The van der Waals surface area contributed by atoms with Crippen molar-refractivity contribution in [2.45, 2.75) is 4.90 Å². The summed E-state index contributed by atoms with van der Waals surface area (Å²) < 4.78 is 43.6. The number of ether oxygens (including phenoxy) is 3. The Kier molecular flexibility index (Phi) is 6.54. The highest BCUT2D eigenvalue weighted by atomic mass is 32.2. The van der Waals surface area contributed by atoms with Gasteiger partial charge in [0.25, 0.3) is 0 Å². The second-order valence-corrected chi connectivity index (χ2v) is 9.89. The molecule has 8 nitrogen and oxygen atoms in total. The van der Waals surface area contributed by atoms with Crippen LogP contribution in [0.1, 0.15) is 0 Å². The van der Waals surface area contributed by atoms with Crippen LogP contribution in [0.3, 0.4) is 0 Å². The van der Waals surface area contributed by atoms with Crippen molar-refractivity contribution >= 4 is 26.5 Å². The van der Waals surface area contributed by atoms with E-state index in [-0.39, 0.29) is 10.6 Å². The number of aromatic nitrogens is 1. The van der Waals surface area contributed by atoms with E-state index >= 15 is 0 Å². The lowest BCUT2D eigenvalue weighted by molar-refractivity contribution is 0.370. The van der Waals surface area contributed by atoms with Crippen molar-refractivity contribution in [3.05, 3.63) is 47.8 Å². The molecule has 3 aromatic rings. The average molecular weight is 476 g/mol. The highest BCUT2D eigenvalue weighted by molar-refractivity contribution is 7.89. The molecular weight excluding hydrogens is 450 g/mol. The van der Waals surface area contributed by atoms with E-state index in [9.17, 15) is 8.42 Å². The first-order valence-electron chi connectivity index (χ1n) is 10.0. The van der Waals surface area contributed by atoms with Crippen LogP contribution in [0.2, 0.25) is 0 Å².